The Labute approximate surface area is 331 Å². The molecular formula is C32H68MoO4P2S6. The monoisotopic (exact) mass is 868 g/mol. The van der Waals surface area contributed by atoms with Crippen LogP contribution in [-0.2, 0) is 114 Å². The van der Waals surface area contributed by atoms with Crippen molar-refractivity contribution < 1.29 is 39.2 Å². The third kappa shape index (κ3) is 51.7. The molecule has 13 heteroatoms. The Kier molecular flexibility index (Phi) is 57.9. The third-order valence-corrected chi connectivity index (χ3v) is 11.5. The fourth-order valence-corrected chi connectivity index (χ4v) is 7.66. The number of hydrogen-bond acceptors (Lipinski definition) is 8. The van der Waals surface area contributed by atoms with Crippen LogP contribution in [0.2, 0.25) is 0 Å². The minimum Gasteiger partial charge on any atom is -2.00 e. The second-order valence-corrected chi connectivity index (χ2v) is 21.3. The van der Waals surface area contributed by atoms with Gasteiger partial charge in [0.1, 0.15) is 0 Å². The maximum atomic E-state index is 5.60. The summed E-state index contributed by atoms with van der Waals surface area (Å²) >= 11 is 21.1. The van der Waals surface area contributed by atoms with E-state index in [1.807, 2.05) is 0 Å². The maximum absolute atomic E-state index is 5.60. The Bertz CT molecular complexity index is 546. The molecule has 0 N–H and O–H groups in total. The van der Waals surface area contributed by atoms with Gasteiger partial charge in [-0.1, -0.05) is 180 Å². The van der Waals surface area contributed by atoms with Crippen LogP contribution >= 0.6 is 11.4 Å². The summed E-state index contributed by atoms with van der Waals surface area (Å²) in [5.41, 5.74) is -4.80. The second-order valence-electron chi connectivity index (χ2n) is 11.3. The van der Waals surface area contributed by atoms with Crippen molar-refractivity contribution in [3.63, 3.8) is 0 Å². The topological polar surface area (TPSA) is 36.9 Å². The van der Waals surface area contributed by atoms with Gasteiger partial charge >= 0.3 is 21.1 Å². The minimum absolute atomic E-state index is 0. The molecule has 0 fully saturated rings. The molecule has 0 radical (unpaired) electrons. The van der Waals surface area contributed by atoms with E-state index < -0.39 is 11.4 Å². The first-order chi connectivity index (χ1) is 20.2. The van der Waals surface area contributed by atoms with Gasteiger partial charge in [-0.3, -0.25) is 0 Å². The SMILES string of the molecule is CCCCCCCCOP(=S)([S-])OCCCCCCCC.CCCCCCCCOP(=S)([S-])OCCCCCCCC.[Mo+6].[S-2].[S-2]. The van der Waals surface area contributed by atoms with Crippen molar-refractivity contribution in [3.8, 4) is 0 Å². The number of rotatable bonds is 32. The van der Waals surface area contributed by atoms with Gasteiger partial charge in [-0.2, -0.15) is 0 Å². The van der Waals surface area contributed by atoms with Crippen LogP contribution in [0.5, 0.6) is 0 Å². The molecule has 0 aromatic carbocycles. The molecular weight excluding hydrogens is 799 g/mol. The van der Waals surface area contributed by atoms with Gasteiger partial charge in [-0.15, -0.1) is 0 Å². The summed E-state index contributed by atoms with van der Waals surface area (Å²) in [6.07, 6.45) is 30.0. The quantitative estimate of drug-likeness (QED) is 0.0286. The fraction of sp³-hybridized carbons (Fsp3) is 1.00. The minimum atomic E-state index is -2.40. The van der Waals surface area contributed by atoms with Crippen molar-refractivity contribution in [3.05, 3.63) is 0 Å². The molecule has 0 atom stereocenters. The van der Waals surface area contributed by atoms with E-state index >= 15 is 0 Å². The van der Waals surface area contributed by atoms with Crippen molar-refractivity contribution in [2.24, 2.45) is 0 Å². The molecule has 0 spiro atoms. The predicted molar refractivity (Wildman–Crippen MR) is 215 cm³/mol. The number of hydrogen-bond donors (Lipinski definition) is 0. The Balaban J connectivity index is -0.000000222. The van der Waals surface area contributed by atoms with Gasteiger partial charge in [-0.25, -0.2) is 0 Å². The zero-order valence-electron chi connectivity index (χ0n) is 29.2. The van der Waals surface area contributed by atoms with E-state index in [0.29, 0.717) is 26.4 Å². The Morgan fingerprint density at radius 2 is 0.511 bits per heavy atom. The van der Waals surface area contributed by atoms with Crippen LogP contribution in [0.4, 0.5) is 0 Å². The smallest absolute Gasteiger partial charge is 2.00 e. The first-order valence-corrected chi connectivity index (χ1v) is 24.7. The average Bonchev–Trinajstić information content (AvgIpc) is 2.95. The summed E-state index contributed by atoms with van der Waals surface area (Å²) < 4.78 is 22.4. The third-order valence-electron chi connectivity index (χ3n) is 6.99. The van der Waals surface area contributed by atoms with Crippen LogP contribution in [0.15, 0.2) is 0 Å². The molecule has 0 rings (SSSR count). The van der Waals surface area contributed by atoms with Crippen LogP contribution in [-0.4, -0.2) is 26.4 Å². The molecule has 0 unspecified atom stereocenters. The van der Waals surface area contributed by atoms with E-state index in [2.05, 4.69) is 27.7 Å². The Morgan fingerprint density at radius 3 is 0.689 bits per heavy atom. The number of unbranched alkanes of at least 4 members (excludes halogenated alkanes) is 20. The normalized spacial score (nSPS) is 11.2. The Morgan fingerprint density at radius 1 is 0.356 bits per heavy atom. The van der Waals surface area contributed by atoms with Gasteiger partial charge in [-0.05, 0) is 25.7 Å². The van der Waals surface area contributed by atoms with Gasteiger partial charge in [0.15, 0.2) is 0 Å². The van der Waals surface area contributed by atoms with E-state index in [-0.39, 0.29) is 48.1 Å². The van der Waals surface area contributed by atoms with Gasteiger partial charge in [0.2, 0.25) is 0 Å². The molecule has 0 heterocycles. The van der Waals surface area contributed by atoms with Crippen molar-refractivity contribution >= 4 is 86.5 Å². The van der Waals surface area contributed by atoms with Crippen LogP contribution in [0.25, 0.3) is 0 Å². The first kappa shape index (κ1) is 57.6. The molecule has 0 amide bonds. The van der Waals surface area contributed by atoms with E-state index in [0.717, 1.165) is 25.7 Å². The average molecular weight is 867 g/mol. The van der Waals surface area contributed by atoms with Gasteiger partial charge in [0, 0.05) is 0 Å². The van der Waals surface area contributed by atoms with Gasteiger partial charge < -0.3 is 69.6 Å². The van der Waals surface area contributed by atoms with Crippen LogP contribution < -0.4 is 0 Å². The first-order valence-electron chi connectivity index (χ1n) is 17.4. The zero-order valence-corrected chi connectivity index (χ0v) is 37.9. The predicted octanol–water partition coefficient (Wildman–Crippen LogP) is 13.0. The molecule has 4 nitrogen and oxygen atoms in total. The molecule has 45 heavy (non-hydrogen) atoms. The van der Waals surface area contributed by atoms with Crippen molar-refractivity contribution in [2.45, 2.75) is 182 Å². The molecule has 0 aliphatic heterocycles. The van der Waals surface area contributed by atoms with Crippen LogP contribution in [0.3, 0.4) is 0 Å². The fourth-order valence-electron chi connectivity index (χ4n) is 4.31. The molecule has 0 saturated heterocycles. The van der Waals surface area contributed by atoms with Gasteiger partial charge in [0.05, 0.1) is 37.8 Å². The molecule has 0 aromatic heterocycles. The molecule has 0 bridgehead atoms. The van der Waals surface area contributed by atoms with Crippen molar-refractivity contribution in [2.75, 3.05) is 26.4 Å². The van der Waals surface area contributed by atoms with E-state index in [9.17, 15) is 0 Å². The summed E-state index contributed by atoms with van der Waals surface area (Å²) in [5, 5.41) is 0. The van der Waals surface area contributed by atoms with E-state index in [4.69, 9.17) is 66.2 Å². The summed E-state index contributed by atoms with van der Waals surface area (Å²) in [6.45, 7) is 11.6. The molecule has 0 saturated carbocycles. The van der Waals surface area contributed by atoms with Crippen LogP contribution in [0, 0.1) is 0 Å². The Hall–Kier alpha value is 3.23. The second kappa shape index (κ2) is 45.2. The summed E-state index contributed by atoms with van der Waals surface area (Å²) in [5.74, 6) is 0. The largest absolute Gasteiger partial charge is 6.00 e. The zero-order chi connectivity index (χ0) is 31.6. The molecule has 0 aromatic rings. The molecule has 0 aliphatic rings. The van der Waals surface area contributed by atoms with Crippen molar-refractivity contribution in [1.29, 1.82) is 0 Å². The van der Waals surface area contributed by atoms with Crippen molar-refractivity contribution in [1.82, 2.24) is 0 Å². The van der Waals surface area contributed by atoms with E-state index in [1.165, 1.54) is 128 Å². The molecule has 272 valence electrons. The molecule has 0 aliphatic carbocycles. The van der Waals surface area contributed by atoms with E-state index in [1.54, 1.807) is 0 Å². The maximum Gasteiger partial charge on any atom is 6.00 e. The standard InChI is InChI=1S/2C16H35O2PS2.Mo.2S/c2*1-3-5-7-9-11-13-15-17-19(20,21)18-16-14-12-10-8-6-4-2;;;/h2*3-16H2,1-2H3,(H,20,21);;;/q;;+6;2*-2/p-2. The summed E-state index contributed by atoms with van der Waals surface area (Å²) in [6, 6.07) is 0. The van der Waals surface area contributed by atoms with Crippen LogP contribution in [0.1, 0.15) is 182 Å². The van der Waals surface area contributed by atoms with Gasteiger partial charge in [0.25, 0.3) is 0 Å². The summed E-state index contributed by atoms with van der Waals surface area (Å²) in [4.78, 5) is 0. The summed E-state index contributed by atoms with van der Waals surface area (Å²) in [7, 11) is 0.